The summed E-state index contributed by atoms with van der Waals surface area (Å²) in [7, 11) is 0. The largest absolute Gasteiger partial charge is 0.416 e. The van der Waals surface area contributed by atoms with Gasteiger partial charge in [0.05, 0.1) is 28.7 Å². The van der Waals surface area contributed by atoms with Crippen LogP contribution in [0.2, 0.25) is 5.02 Å². The van der Waals surface area contributed by atoms with Crippen molar-refractivity contribution in [2.45, 2.75) is 38.0 Å². The van der Waals surface area contributed by atoms with E-state index in [4.69, 9.17) is 11.6 Å². The molecule has 1 unspecified atom stereocenters. The van der Waals surface area contributed by atoms with Crippen LogP contribution in [0.25, 0.3) is 17.0 Å². The first-order valence-electron chi connectivity index (χ1n) is 11.5. The molecule has 3 heterocycles. The van der Waals surface area contributed by atoms with Crippen molar-refractivity contribution in [3.63, 3.8) is 0 Å². The molecular formula is C25H22ClF3N4O2S. The number of hydrogen-bond donors (Lipinski definition) is 1. The molecule has 5 rings (SSSR count). The Balaban J connectivity index is 1.39. The number of imide groups is 1. The van der Waals surface area contributed by atoms with E-state index in [1.54, 1.807) is 30.5 Å². The second-order valence-electron chi connectivity index (χ2n) is 8.81. The highest BCUT2D eigenvalue weighted by Crippen LogP contribution is 2.36. The molecule has 0 aliphatic carbocycles. The standard InChI is InChI=1S/C25H22ClF3N4O2S/c26-18-5-4-16(20(12-18)25(27,28)29)14-32-21-6-3-15(10-17(21)13-31-32)11-22-23(34)33(24(35)36-22)19-2-1-8-30-9-7-19/h3-6,10-13,19,30H,1-2,7-9,14H2. The summed E-state index contributed by atoms with van der Waals surface area (Å²) in [5, 5.41) is 8.03. The van der Waals surface area contributed by atoms with Crippen molar-refractivity contribution in [3.05, 3.63) is 69.2 Å². The zero-order chi connectivity index (χ0) is 25.4. The summed E-state index contributed by atoms with van der Waals surface area (Å²) < 4.78 is 42.0. The Kier molecular flexibility index (Phi) is 6.84. The van der Waals surface area contributed by atoms with Crippen LogP contribution in [0.4, 0.5) is 18.0 Å². The van der Waals surface area contributed by atoms with Gasteiger partial charge in [-0.05, 0) is 85.6 Å². The lowest BCUT2D eigenvalue weighted by Gasteiger charge is -2.23. The summed E-state index contributed by atoms with van der Waals surface area (Å²) in [6.45, 7) is 1.57. The van der Waals surface area contributed by atoms with Gasteiger partial charge in [-0.15, -0.1) is 0 Å². The fourth-order valence-corrected chi connectivity index (χ4v) is 5.71. The van der Waals surface area contributed by atoms with Crippen molar-refractivity contribution >= 4 is 51.5 Å². The highest BCUT2D eigenvalue weighted by Gasteiger charge is 2.39. The van der Waals surface area contributed by atoms with E-state index < -0.39 is 11.7 Å². The summed E-state index contributed by atoms with van der Waals surface area (Å²) in [4.78, 5) is 27.4. The van der Waals surface area contributed by atoms with Crippen LogP contribution in [0.5, 0.6) is 0 Å². The van der Waals surface area contributed by atoms with E-state index in [9.17, 15) is 22.8 Å². The fourth-order valence-electron chi connectivity index (χ4n) is 4.64. The molecule has 2 amide bonds. The van der Waals surface area contributed by atoms with Crippen molar-refractivity contribution in [1.82, 2.24) is 20.0 Å². The number of alkyl halides is 3. The normalized spacial score (nSPS) is 20.5. The van der Waals surface area contributed by atoms with Crippen molar-refractivity contribution in [2.24, 2.45) is 0 Å². The van der Waals surface area contributed by atoms with Crippen LogP contribution in [0, 0.1) is 0 Å². The Labute approximate surface area is 214 Å². The minimum atomic E-state index is -4.54. The first kappa shape index (κ1) is 24.9. The molecule has 188 valence electrons. The van der Waals surface area contributed by atoms with Crippen LogP contribution >= 0.6 is 23.4 Å². The van der Waals surface area contributed by atoms with Gasteiger partial charge in [0.15, 0.2) is 0 Å². The number of fused-ring (bicyclic) bond motifs is 1. The van der Waals surface area contributed by atoms with Crippen molar-refractivity contribution in [3.8, 4) is 0 Å². The molecule has 1 aromatic heterocycles. The number of hydrogen-bond acceptors (Lipinski definition) is 5. The highest BCUT2D eigenvalue weighted by molar-refractivity contribution is 8.18. The van der Waals surface area contributed by atoms with Gasteiger partial charge in [0.1, 0.15) is 0 Å². The van der Waals surface area contributed by atoms with E-state index in [1.165, 1.54) is 21.7 Å². The molecule has 1 atom stereocenters. The van der Waals surface area contributed by atoms with Crippen LogP contribution in [-0.4, -0.2) is 45.0 Å². The number of carbonyl (C=O) groups is 2. The number of nitrogens with zero attached hydrogens (tertiary/aromatic N) is 3. The molecule has 2 aliphatic rings. The monoisotopic (exact) mass is 534 g/mol. The van der Waals surface area contributed by atoms with Gasteiger partial charge < -0.3 is 5.32 Å². The van der Waals surface area contributed by atoms with Gasteiger partial charge in [0.2, 0.25) is 0 Å². The number of halogens is 4. The maximum atomic E-state index is 13.5. The molecule has 2 aromatic carbocycles. The summed E-state index contributed by atoms with van der Waals surface area (Å²) >= 11 is 6.72. The molecule has 2 aliphatic heterocycles. The second kappa shape index (κ2) is 9.91. The fraction of sp³-hybridized carbons (Fsp3) is 0.320. The smallest absolute Gasteiger partial charge is 0.317 e. The number of aromatic nitrogens is 2. The van der Waals surface area contributed by atoms with Gasteiger partial charge >= 0.3 is 6.18 Å². The number of amides is 2. The number of thioether (sulfide) groups is 1. The van der Waals surface area contributed by atoms with Gasteiger partial charge in [-0.25, -0.2) is 0 Å². The van der Waals surface area contributed by atoms with Crippen molar-refractivity contribution < 1.29 is 22.8 Å². The molecule has 2 fully saturated rings. The van der Waals surface area contributed by atoms with E-state index in [0.717, 1.165) is 50.2 Å². The third-order valence-corrected chi connectivity index (χ3v) is 7.51. The molecule has 0 spiro atoms. The zero-order valence-corrected chi connectivity index (χ0v) is 20.6. The third kappa shape index (κ3) is 5.02. The van der Waals surface area contributed by atoms with E-state index in [-0.39, 0.29) is 34.3 Å². The van der Waals surface area contributed by atoms with E-state index in [2.05, 4.69) is 10.4 Å². The minimum Gasteiger partial charge on any atom is -0.317 e. The number of nitrogens with one attached hydrogen (secondary N) is 1. The van der Waals surface area contributed by atoms with E-state index in [1.807, 2.05) is 0 Å². The Morgan fingerprint density at radius 1 is 1.14 bits per heavy atom. The van der Waals surface area contributed by atoms with Crippen molar-refractivity contribution in [1.29, 1.82) is 0 Å². The predicted molar refractivity (Wildman–Crippen MR) is 134 cm³/mol. The van der Waals surface area contributed by atoms with Gasteiger partial charge in [0.25, 0.3) is 11.1 Å². The van der Waals surface area contributed by atoms with Crippen molar-refractivity contribution in [2.75, 3.05) is 13.1 Å². The quantitative estimate of drug-likeness (QED) is 0.420. The Bertz CT molecular complexity index is 1360. The Hall–Kier alpha value is -2.82. The minimum absolute atomic E-state index is 0.0150. The maximum absolute atomic E-state index is 13.5. The average Bonchev–Trinajstić information content (AvgIpc) is 3.20. The van der Waals surface area contributed by atoms with Crippen LogP contribution in [0.1, 0.15) is 36.0 Å². The highest BCUT2D eigenvalue weighted by atomic mass is 35.5. The van der Waals surface area contributed by atoms with Gasteiger partial charge in [0, 0.05) is 16.5 Å². The van der Waals surface area contributed by atoms with Crippen LogP contribution < -0.4 is 5.32 Å². The topological polar surface area (TPSA) is 67.2 Å². The lowest BCUT2D eigenvalue weighted by molar-refractivity contribution is -0.138. The van der Waals surface area contributed by atoms with Gasteiger partial charge in [-0.3, -0.25) is 19.2 Å². The van der Waals surface area contributed by atoms with Crippen LogP contribution in [-0.2, 0) is 17.5 Å². The first-order chi connectivity index (χ1) is 17.2. The van der Waals surface area contributed by atoms with Crippen LogP contribution in [0.15, 0.2) is 47.5 Å². The lowest BCUT2D eigenvalue weighted by atomic mass is 10.1. The number of carbonyl (C=O) groups excluding carboxylic acids is 2. The first-order valence-corrected chi connectivity index (χ1v) is 12.7. The van der Waals surface area contributed by atoms with Gasteiger partial charge in [-0.1, -0.05) is 23.7 Å². The number of benzene rings is 2. The molecular weight excluding hydrogens is 513 g/mol. The second-order valence-corrected chi connectivity index (χ2v) is 10.2. The SMILES string of the molecule is O=C1SC(=Cc2ccc3c(cnn3Cc3ccc(Cl)cc3C(F)(F)F)c2)C(=O)N1C1CCCNCC1. The molecule has 11 heteroatoms. The lowest BCUT2D eigenvalue weighted by Crippen LogP contribution is -2.39. The summed E-state index contributed by atoms with van der Waals surface area (Å²) in [5.41, 5.74) is 0.616. The zero-order valence-electron chi connectivity index (χ0n) is 19.0. The Morgan fingerprint density at radius 2 is 1.97 bits per heavy atom. The summed E-state index contributed by atoms with van der Waals surface area (Å²) in [5.74, 6) is -0.282. The molecule has 2 saturated heterocycles. The Morgan fingerprint density at radius 3 is 2.78 bits per heavy atom. The third-order valence-electron chi connectivity index (χ3n) is 6.39. The molecule has 3 aromatic rings. The van der Waals surface area contributed by atoms with Crippen LogP contribution in [0.3, 0.4) is 0 Å². The molecule has 36 heavy (non-hydrogen) atoms. The molecule has 1 N–H and O–H groups in total. The summed E-state index contributed by atoms with van der Waals surface area (Å²) in [6, 6.07) is 8.90. The van der Waals surface area contributed by atoms with Gasteiger partial charge in [-0.2, -0.15) is 18.3 Å². The molecule has 6 nitrogen and oxygen atoms in total. The molecule has 0 bridgehead atoms. The summed E-state index contributed by atoms with van der Waals surface area (Å²) in [6.07, 6.45) is 1.14. The van der Waals surface area contributed by atoms with E-state index in [0.29, 0.717) is 21.4 Å². The predicted octanol–water partition coefficient (Wildman–Crippen LogP) is 5.94. The average molecular weight is 535 g/mol. The molecule has 0 radical (unpaired) electrons. The molecule has 0 saturated carbocycles. The number of rotatable bonds is 4. The maximum Gasteiger partial charge on any atom is 0.416 e. The van der Waals surface area contributed by atoms with E-state index >= 15 is 0 Å².